The minimum atomic E-state index is -0.262. The number of anilines is 2. The Hall–Kier alpha value is -2.69. The van der Waals surface area contributed by atoms with Crippen molar-refractivity contribution in [1.29, 1.82) is 0 Å². The van der Waals surface area contributed by atoms with E-state index < -0.39 is 0 Å². The predicted molar refractivity (Wildman–Crippen MR) is 87.1 cm³/mol. The maximum absolute atomic E-state index is 12.2. The van der Waals surface area contributed by atoms with Gasteiger partial charge in [-0.25, -0.2) is 4.79 Å². The maximum Gasteiger partial charge on any atom is 0.319 e. The van der Waals surface area contributed by atoms with Crippen molar-refractivity contribution in [1.82, 2.24) is 5.32 Å². The number of fused-ring (bicyclic) bond motifs is 1. The van der Waals surface area contributed by atoms with Gasteiger partial charge < -0.3 is 21.1 Å². The summed E-state index contributed by atoms with van der Waals surface area (Å²) in [4.78, 5) is 12.2. The standard InChI is InChI=1S/C17H19N3O2/c1-22-12-7-8-14(18)16(10-12)20-17(21)19-15-9-6-11-4-2-3-5-13(11)15/h2-5,7-8,10,15H,6,9,18H2,1H3,(H2,19,20,21)/t15-/m0/s1. The number of methoxy groups -OCH3 is 1. The van der Waals surface area contributed by atoms with Crippen LogP contribution < -0.4 is 21.1 Å². The van der Waals surface area contributed by atoms with Crippen LogP contribution in [0.15, 0.2) is 42.5 Å². The Balaban J connectivity index is 1.69. The second-order valence-electron chi connectivity index (χ2n) is 5.34. The molecule has 2 amide bonds. The molecule has 3 rings (SSSR count). The van der Waals surface area contributed by atoms with Crippen LogP contribution in [0.5, 0.6) is 5.75 Å². The fourth-order valence-corrected chi connectivity index (χ4v) is 2.79. The van der Waals surface area contributed by atoms with Gasteiger partial charge >= 0.3 is 6.03 Å². The Morgan fingerprint density at radius 3 is 2.91 bits per heavy atom. The van der Waals surface area contributed by atoms with Gasteiger partial charge in [0.1, 0.15) is 5.75 Å². The minimum absolute atomic E-state index is 0.0445. The molecule has 0 unspecified atom stereocenters. The Morgan fingerprint density at radius 1 is 1.27 bits per heavy atom. The first-order chi connectivity index (χ1) is 10.7. The van der Waals surface area contributed by atoms with Crippen LogP contribution in [0.4, 0.5) is 16.2 Å². The number of hydrogen-bond donors (Lipinski definition) is 3. The number of nitrogens with two attached hydrogens (primary N) is 1. The molecule has 0 aliphatic heterocycles. The van der Waals surface area contributed by atoms with Crippen molar-refractivity contribution in [2.45, 2.75) is 18.9 Å². The summed E-state index contributed by atoms with van der Waals surface area (Å²) in [6.45, 7) is 0. The van der Waals surface area contributed by atoms with Crippen LogP contribution in [0.1, 0.15) is 23.6 Å². The normalized spacial score (nSPS) is 16.0. The zero-order valence-electron chi connectivity index (χ0n) is 12.4. The van der Waals surface area contributed by atoms with Crippen molar-refractivity contribution in [2.24, 2.45) is 0 Å². The van der Waals surface area contributed by atoms with E-state index in [0.29, 0.717) is 17.1 Å². The van der Waals surface area contributed by atoms with E-state index in [1.165, 1.54) is 11.1 Å². The van der Waals surface area contributed by atoms with E-state index in [2.05, 4.69) is 22.8 Å². The summed E-state index contributed by atoms with van der Waals surface area (Å²) in [5.41, 5.74) is 9.42. The maximum atomic E-state index is 12.2. The molecule has 4 N–H and O–H groups in total. The summed E-state index contributed by atoms with van der Waals surface area (Å²) in [6.07, 6.45) is 1.91. The molecule has 0 aromatic heterocycles. The fraction of sp³-hybridized carbons (Fsp3) is 0.235. The second kappa shape index (κ2) is 5.97. The molecule has 0 bridgehead atoms. The van der Waals surface area contributed by atoms with Gasteiger partial charge in [0.2, 0.25) is 0 Å². The lowest BCUT2D eigenvalue weighted by Gasteiger charge is -2.16. The number of rotatable bonds is 3. The lowest BCUT2D eigenvalue weighted by molar-refractivity contribution is 0.248. The van der Waals surface area contributed by atoms with Crippen molar-refractivity contribution in [3.63, 3.8) is 0 Å². The Labute approximate surface area is 129 Å². The van der Waals surface area contributed by atoms with E-state index in [4.69, 9.17) is 10.5 Å². The summed E-state index contributed by atoms with van der Waals surface area (Å²) < 4.78 is 5.14. The van der Waals surface area contributed by atoms with Gasteiger partial charge in [0.05, 0.1) is 24.5 Å². The SMILES string of the molecule is COc1ccc(N)c(NC(=O)N[C@H]2CCc3ccccc32)c1. The lowest BCUT2D eigenvalue weighted by atomic mass is 10.1. The van der Waals surface area contributed by atoms with E-state index in [1.54, 1.807) is 25.3 Å². The third-order valence-electron chi connectivity index (χ3n) is 3.95. The molecule has 0 saturated carbocycles. The molecule has 0 radical (unpaired) electrons. The number of hydrogen-bond acceptors (Lipinski definition) is 3. The van der Waals surface area contributed by atoms with Crippen LogP contribution in [-0.4, -0.2) is 13.1 Å². The lowest BCUT2D eigenvalue weighted by Crippen LogP contribution is -2.31. The zero-order chi connectivity index (χ0) is 15.5. The third-order valence-corrected chi connectivity index (χ3v) is 3.95. The number of benzene rings is 2. The molecule has 0 saturated heterocycles. The Kier molecular flexibility index (Phi) is 3.87. The average Bonchev–Trinajstić information content (AvgIpc) is 2.93. The van der Waals surface area contributed by atoms with E-state index >= 15 is 0 Å². The topological polar surface area (TPSA) is 76.4 Å². The first-order valence-electron chi connectivity index (χ1n) is 7.26. The molecule has 22 heavy (non-hydrogen) atoms. The van der Waals surface area contributed by atoms with Crippen LogP contribution in [-0.2, 0) is 6.42 Å². The van der Waals surface area contributed by atoms with Crippen LogP contribution in [0.2, 0.25) is 0 Å². The van der Waals surface area contributed by atoms with Gasteiger partial charge in [0.25, 0.3) is 0 Å². The van der Waals surface area contributed by atoms with Gasteiger partial charge in [-0.1, -0.05) is 24.3 Å². The summed E-state index contributed by atoms with van der Waals surface area (Å²) in [5, 5.41) is 5.79. The predicted octanol–water partition coefficient (Wildman–Crippen LogP) is 3.09. The molecule has 0 fully saturated rings. The fourth-order valence-electron chi connectivity index (χ4n) is 2.79. The van der Waals surface area contributed by atoms with Crippen molar-refractivity contribution in [2.75, 3.05) is 18.2 Å². The molecule has 5 nitrogen and oxygen atoms in total. The van der Waals surface area contributed by atoms with Crippen LogP contribution in [0.3, 0.4) is 0 Å². The molecule has 0 heterocycles. The molecule has 0 spiro atoms. The van der Waals surface area contributed by atoms with Gasteiger partial charge in [0, 0.05) is 6.07 Å². The minimum Gasteiger partial charge on any atom is -0.497 e. The third kappa shape index (κ3) is 2.83. The Bertz CT molecular complexity index is 700. The van der Waals surface area contributed by atoms with Crippen LogP contribution >= 0.6 is 0 Å². The average molecular weight is 297 g/mol. The monoisotopic (exact) mass is 297 g/mol. The zero-order valence-corrected chi connectivity index (χ0v) is 12.4. The van der Waals surface area contributed by atoms with Gasteiger partial charge in [-0.3, -0.25) is 0 Å². The molecule has 2 aromatic carbocycles. The number of urea groups is 1. The van der Waals surface area contributed by atoms with Crippen molar-refractivity contribution >= 4 is 17.4 Å². The van der Waals surface area contributed by atoms with E-state index in [0.717, 1.165) is 12.8 Å². The number of nitrogen functional groups attached to an aromatic ring is 1. The van der Waals surface area contributed by atoms with E-state index in [-0.39, 0.29) is 12.1 Å². The number of aryl methyl sites for hydroxylation is 1. The molecular formula is C17H19N3O2. The highest BCUT2D eigenvalue weighted by Crippen LogP contribution is 2.31. The molecule has 1 atom stereocenters. The smallest absolute Gasteiger partial charge is 0.319 e. The Morgan fingerprint density at radius 2 is 2.09 bits per heavy atom. The van der Waals surface area contributed by atoms with E-state index in [9.17, 15) is 4.79 Å². The second-order valence-corrected chi connectivity index (χ2v) is 5.34. The molecule has 1 aliphatic rings. The first-order valence-corrected chi connectivity index (χ1v) is 7.26. The summed E-state index contributed by atoms with van der Waals surface area (Å²) >= 11 is 0. The first kappa shape index (κ1) is 14.3. The van der Waals surface area contributed by atoms with Crippen LogP contribution in [0, 0.1) is 0 Å². The number of nitrogens with one attached hydrogen (secondary N) is 2. The molecule has 114 valence electrons. The van der Waals surface area contributed by atoms with Crippen molar-refractivity contribution in [3.05, 3.63) is 53.6 Å². The number of amides is 2. The highest BCUT2D eigenvalue weighted by atomic mass is 16.5. The van der Waals surface area contributed by atoms with E-state index in [1.807, 2.05) is 12.1 Å². The van der Waals surface area contributed by atoms with Gasteiger partial charge in [-0.15, -0.1) is 0 Å². The van der Waals surface area contributed by atoms with Crippen molar-refractivity contribution < 1.29 is 9.53 Å². The summed E-state index contributed by atoms with van der Waals surface area (Å²) in [7, 11) is 1.57. The molecule has 5 heteroatoms. The van der Waals surface area contributed by atoms with Gasteiger partial charge in [-0.05, 0) is 36.1 Å². The molecular weight excluding hydrogens is 278 g/mol. The molecule has 1 aliphatic carbocycles. The quantitative estimate of drug-likeness (QED) is 0.762. The molecule has 2 aromatic rings. The van der Waals surface area contributed by atoms with Gasteiger partial charge in [-0.2, -0.15) is 0 Å². The highest BCUT2D eigenvalue weighted by Gasteiger charge is 2.23. The number of ether oxygens (including phenoxy) is 1. The number of carbonyl (C=O) groups excluding carboxylic acids is 1. The van der Waals surface area contributed by atoms with Crippen LogP contribution in [0.25, 0.3) is 0 Å². The largest absolute Gasteiger partial charge is 0.497 e. The van der Waals surface area contributed by atoms with Crippen molar-refractivity contribution in [3.8, 4) is 5.75 Å². The van der Waals surface area contributed by atoms with Gasteiger partial charge in [0.15, 0.2) is 0 Å². The highest BCUT2D eigenvalue weighted by molar-refractivity contribution is 5.93. The summed E-state index contributed by atoms with van der Waals surface area (Å²) in [5.74, 6) is 0.649. The summed E-state index contributed by atoms with van der Waals surface area (Å²) in [6, 6.07) is 13.1. The number of carbonyl (C=O) groups is 1.